The molecule has 3 rings (SSSR count). The Hall–Kier alpha value is -2.61. The molecule has 2 heterocycles. The Kier molecular flexibility index (Phi) is 4.89. The zero-order chi connectivity index (χ0) is 18.0. The number of anilines is 1. The van der Waals surface area contributed by atoms with Crippen molar-refractivity contribution in [2.24, 2.45) is 0 Å². The lowest BCUT2D eigenvalue weighted by molar-refractivity contribution is -0.119. The normalized spacial score (nSPS) is 10.8. The molecule has 128 valence electrons. The van der Waals surface area contributed by atoms with Gasteiger partial charge in [-0.3, -0.25) is 19.1 Å². The monoisotopic (exact) mass is 404 g/mol. The van der Waals surface area contributed by atoms with Gasteiger partial charge in [-0.25, -0.2) is 14.4 Å². The number of amides is 1. The molecule has 0 saturated heterocycles. The molecule has 0 N–H and O–H groups in total. The first-order valence-corrected chi connectivity index (χ1v) is 8.35. The molecule has 0 unspecified atom stereocenters. The summed E-state index contributed by atoms with van der Waals surface area (Å²) >= 11 is 3.30. The molecular weight excluding hydrogens is 391 g/mol. The lowest BCUT2D eigenvalue weighted by Gasteiger charge is -2.20. The van der Waals surface area contributed by atoms with Gasteiger partial charge in [0.05, 0.1) is 17.2 Å². The van der Waals surface area contributed by atoms with Crippen LogP contribution in [0.4, 0.5) is 10.2 Å². The van der Waals surface area contributed by atoms with Gasteiger partial charge in [0, 0.05) is 17.2 Å². The Morgan fingerprint density at radius 1 is 1.28 bits per heavy atom. The molecule has 8 heteroatoms. The van der Waals surface area contributed by atoms with E-state index in [0.717, 1.165) is 10.5 Å². The molecule has 6 nitrogen and oxygen atoms in total. The van der Waals surface area contributed by atoms with Crippen molar-refractivity contribution in [3.8, 4) is 0 Å². The summed E-state index contributed by atoms with van der Waals surface area (Å²) < 4.78 is 15.4. The van der Waals surface area contributed by atoms with E-state index in [1.165, 1.54) is 27.9 Å². The van der Waals surface area contributed by atoms with Crippen LogP contribution < -0.4 is 10.5 Å². The maximum absolute atomic E-state index is 13.4. The van der Waals surface area contributed by atoms with E-state index in [4.69, 9.17) is 0 Å². The predicted molar refractivity (Wildman–Crippen MR) is 95.9 cm³/mol. The average Bonchev–Trinajstić information content (AvgIpc) is 2.60. The van der Waals surface area contributed by atoms with Crippen LogP contribution in [0.1, 0.15) is 6.92 Å². The molecule has 0 aliphatic heterocycles. The van der Waals surface area contributed by atoms with Crippen molar-refractivity contribution >= 4 is 38.6 Å². The Morgan fingerprint density at radius 2 is 2.08 bits per heavy atom. The van der Waals surface area contributed by atoms with E-state index in [2.05, 4.69) is 25.9 Å². The van der Waals surface area contributed by atoms with Crippen LogP contribution in [0, 0.1) is 5.82 Å². The molecule has 0 aliphatic carbocycles. The minimum absolute atomic E-state index is 0.139. The largest absolute Gasteiger partial charge is 0.296 e. The third-order valence-electron chi connectivity index (χ3n) is 3.70. The van der Waals surface area contributed by atoms with Gasteiger partial charge in [0.25, 0.3) is 5.56 Å². The standard InChI is InChI=1S/C17H14BrFN4O2/c1-2-23(15-6-3-11(18)8-20-15)16(24)9-22-10-21-14-5-4-12(19)7-13(14)17(22)25/h3-8,10H,2,9H2,1H3. The second kappa shape index (κ2) is 7.10. The molecule has 25 heavy (non-hydrogen) atoms. The Morgan fingerprint density at radius 3 is 2.76 bits per heavy atom. The number of halogens is 2. The summed E-state index contributed by atoms with van der Waals surface area (Å²) in [6, 6.07) is 7.29. The van der Waals surface area contributed by atoms with E-state index in [1.54, 1.807) is 18.3 Å². The first-order chi connectivity index (χ1) is 12.0. The number of hydrogen-bond acceptors (Lipinski definition) is 4. The lowest BCUT2D eigenvalue weighted by atomic mass is 10.2. The highest BCUT2D eigenvalue weighted by Gasteiger charge is 2.17. The van der Waals surface area contributed by atoms with E-state index in [0.29, 0.717) is 17.9 Å². The average molecular weight is 405 g/mol. The van der Waals surface area contributed by atoms with Gasteiger partial charge in [-0.05, 0) is 53.2 Å². The van der Waals surface area contributed by atoms with Crippen LogP contribution in [0.25, 0.3) is 10.9 Å². The van der Waals surface area contributed by atoms with Crippen LogP contribution in [0.2, 0.25) is 0 Å². The van der Waals surface area contributed by atoms with Gasteiger partial charge in [-0.2, -0.15) is 0 Å². The summed E-state index contributed by atoms with van der Waals surface area (Å²) in [5.41, 5.74) is -0.0744. The predicted octanol–water partition coefficient (Wildman–Crippen LogP) is 2.75. The van der Waals surface area contributed by atoms with Gasteiger partial charge in [-0.15, -0.1) is 0 Å². The van der Waals surface area contributed by atoms with Crippen molar-refractivity contribution in [2.45, 2.75) is 13.5 Å². The summed E-state index contributed by atoms with van der Waals surface area (Å²) in [7, 11) is 0. The maximum Gasteiger partial charge on any atom is 0.261 e. The number of hydrogen-bond donors (Lipinski definition) is 0. The molecule has 0 fully saturated rings. The zero-order valence-corrected chi connectivity index (χ0v) is 14.9. The number of nitrogens with zero attached hydrogens (tertiary/aromatic N) is 4. The van der Waals surface area contributed by atoms with E-state index >= 15 is 0 Å². The second-order valence-corrected chi connectivity index (χ2v) is 6.23. The fourth-order valence-electron chi connectivity index (χ4n) is 2.47. The third-order valence-corrected chi connectivity index (χ3v) is 4.17. The van der Waals surface area contributed by atoms with Crippen molar-refractivity contribution in [2.75, 3.05) is 11.4 Å². The Balaban J connectivity index is 1.91. The Bertz CT molecular complexity index is 988. The van der Waals surface area contributed by atoms with Crippen LogP contribution in [-0.2, 0) is 11.3 Å². The molecule has 0 aliphatic rings. The van der Waals surface area contributed by atoms with E-state index in [1.807, 2.05) is 6.92 Å². The molecule has 3 aromatic rings. The molecule has 1 aromatic carbocycles. The highest BCUT2D eigenvalue weighted by Crippen LogP contribution is 2.15. The molecule has 2 aromatic heterocycles. The van der Waals surface area contributed by atoms with Crippen molar-refractivity contribution in [1.82, 2.24) is 14.5 Å². The number of likely N-dealkylation sites (N-methyl/N-ethyl adjacent to an activating group) is 1. The summed E-state index contributed by atoms with van der Waals surface area (Å²) in [5, 5.41) is 0.139. The zero-order valence-electron chi connectivity index (χ0n) is 13.3. The first kappa shape index (κ1) is 17.2. The quantitative estimate of drug-likeness (QED) is 0.670. The molecule has 0 atom stereocenters. The number of benzene rings is 1. The van der Waals surface area contributed by atoms with Crippen molar-refractivity contribution in [3.05, 3.63) is 63.5 Å². The highest BCUT2D eigenvalue weighted by atomic mass is 79.9. The van der Waals surface area contributed by atoms with Gasteiger partial charge in [0.2, 0.25) is 5.91 Å². The lowest BCUT2D eigenvalue weighted by Crippen LogP contribution is -2.37. The van der Waals surface area contributed by atoms with Crippen molar-refractivity contribution in [3.63, 3.8) is 0 Å². The van der Waals surface area contributed by atoms with Crippen molar-refractivity contribution < 1.29 is 9.18 Å². The smallest absolute Gasteiger partial charge is 0.261 e. The van der Waals surface area contributed by atoms with Crippen LogP contribution in [-0.4, -0.2) is 27.0 Å². The third kappa shape index (κ3) is 3.58. The SMILES string of the molecule is CCN(C(=O)Cn1cnc2ccc(F)cc2c1=O)c1ccc(Br)cn1. The molecular formula is C17H14BrFN4O2. The Labute approximate surface area is 151 Å². The maximum atomic E-state index is 13.4. The molecule has 0 bridgehead atoms. The fraction of sp³-hybridized carbons (Fsp3) is 0.176. The summed E-state index contributed by atoms with van der Waals surface area (Å²) in [4.78, 5) is 34.8. The molecule has 0 radical (unpaired) electrons. The van der Waals surface area contributed by atoms with Crippen LogP contribution in [0.15, 0.2) is 52.1 Å². The number of rotatable bonds is 4. The number of fused-ring (bicyclic) bond motifs is 1. The molecule has 0 saturated carbocycles. The van der Waals surface area contributed by atoms with Gasteiger partial charge in [-0.1, -0.05) is 0 Å². The number of carbonyl (C=O) groups excluding carboxylic acids is 1. The number of carbonyl (C=O) groups is 1. The second-order valence-electron chi connectivity index (χ2n) is 5.31. The molecule has 1 amide bonds. The van der Waals surface area contributed by atoms with Crippen LogP contribution in [0.5, 0.6) is 0 Å². The highest BCUT2D eigenvalue weighted by molar-refractivity contribution is 9.10. The fourth-order valence-corrected chi connectivity index (χ4v) is 2.70. The van der Waals surface area contributed by atoms with Crippen molar-refractivity contribution in [1.29, 1.82) is 0 Å². The minimum Gasteiger partial charge on any atom is -0.296 e. The van der Waals surface area contributed by atoms with E-state index in [-0.39, 0.29) is 17.8 Å². The topological polar surface area (TPSA) is 68.1 Å². The van der Waals surface area contributed by atoms with Gasteiger partial charge >= 0.3 is 0 Å². The summed E-state index contributed by atoms with van der Waals surface area (Å²) in [6.07, 6.45) is 2.89. The number of aromatic nitrogens is 3. The summed E-state index contributed by atoms with van der Waals surface area (Å²) in [5.74, 6) is -0.342. The van der Waals surface area contributed by atoms with E-state index in [9.17, 15) is 14.0 Å². The first-order valence-electron chi connectivity index (χ1n) is 7.56. The van der Waals surface area contributed by atoms with Crippen LogP contribution >= 0.6 is 15.9 Å². The van der Waals surface area contributed by atoms with Gasteiger partial charge < -0.3 is 0 Å². The summed E-state index contributed by atoms with van der Waals surface area (Å²) in [6.45, 7) is 2.01. The van der Waals surface area contributed by atoms with Gasteiger partial charge in [0.1, 0.15) is 18.2 Å². The van der Waals surface area contributed by atoms with E-state index < -0.39 is 11.4 Å². The van der Waals surface area contributed by atoms with Crippen LogP contribution in [0.3, 0.4) is 0 Å². The number of pyridine rings is 1. The minimum atomic E-state index is -0.523. The molecule has 0 spiro atoms. The van der Waals surface area contributed by atoms with Gasteiger partial charge in [0.15, 0.2) is 0 Å².